The van der Waals surface area contributed by atoms with Gasteiger partial charge in [0.25, 0.3) is 0 Å². The SMILES string of the molecule is COCCCNN.Cl.O=C1C=CC1=Cc1ccc2c(c1)OCO2. The fourth-order valence-electron chi connectivity index (χ4n) is 1.87. The average molecular weight is 341 g/mol. The van der Waals surface area contributed by atoms with Gasteiger partial charge in [-0.05, 0) is 42.3 Å². The number of carbonyl (C=O) groups is 1. The molecule has 126 valence electrons. The Morgan fingerprint density at radius 2 is 2.09 bits per heavy atom. The quantitative estimate of drug-likeness (QED) is 0.368. The number of halogens is 1. The number of hydrazine groups is 1. The fourth-order valence-corrected chi connectivity index (χ4v) is 1.87. The summed E-state index contributed by atoms with van der Waals surface area (Å²) in [7, 11) is 1.68. The van der Waals surface area contributed by atoms with Gasteiger partial charge in [-0.25, -0.2) is 0 Å². The highest BCUT2D eigenvalue weighted by Gasteiger charge is 2.14. The number of rotatable bonds is 5. The number of fused-ring (bicyclic) bond motifs is 1. The molecule has 6 nitrogen and oxygen atoms in total. The second kappa shape index (κ2) is 10.0. The van der Waals surface area contributed by atoms with Crippen LogP contribution in [0.3, 0.4) is 0 Å². The molecule has 3 N–H and O–H groups in total. The van der Waals surface area contributed by atoms with Crippen molar-refractivity contribution in [2.75, 3.05) is 27.1 Å². The number of nitrogens with two attached hydrogens (primary N) is 1. The van der Waals surface area contributed by atoms with Gasteiger partial charge in [-0.1, -0.05) is 6.07 Å². The molecule has 0 saturated carbocycles. The van der Waals surface area contributed by atoms with Crippen molar-refractivity contribution in [2.45, 2.75) is 6.42 Å². The summed E-state index contributed by atoms with van der Waals surface area (Å²) in [6, 6.07) is 5.62. The fraction of sp³-hybridized carbons (Fsp3) is 0.312. The second-order valence-electron chi connectivity index (χ2n) is 4.71. The highest BCUT2D eigenvalue weighted by molar-refractivity contribution is 6.16. The predicted molar refractivity (Wildman–Crippen MR) is 90.6 cm³/mol. The maximum atomic E-state index is 11.1. The van der Waals surface area contributed by atoms with Gasteiger partial charge >= 0.3 is 0 Å². The van der Waals surface area contributed by atoms with Crippen LogP contribution >= 0.6 is 12.4 Å². The number of ether oxygens (including phenoxy) is 3. The van der Waals surface area contributed by atoms with Crippen molar-refractivity contribution < 1.29 is 19.0 Å². The van der Waals surface area contributed by atoms with E-state index >= 15 is 0 Å². The molecule has 1 heterocycles. The molecule has 1 aliphatic carbocycles. The predicted octanol–water partition coefficient (Wildman–Crippen LogP) is 1.85. The summed E-state index contributed by atoms with van der Waals surface area (Å²) < 4.78 is 15.2. The molecule has 0 spiro atoms. The number of allylic oxidation sites excluding steroid dienone is 3. The van der Waals surface area contributed by atoms with Gasteiger partial charge in [-0.3, -0.25) is 16.1 Å². The van der Waals surface area contributed by atoms with Gasteiger partial charge < -0.3 is 14.2 Å². The lowest BCUT2D eigenvalue weighted by Gasteiger charge is -2.05. The lowest BCUT2D eigenvalue weighted by molar-refractivity contribution is -0.111. The second-order valence-corrected chi connectivity index (χ2v) is 4.71. The molecule has 1 aromatic rings. The van der Waals surface area contributed by atoms with Crippen molar-refractivity contribution in [1.82, 2.24) is 5.43 Å². The highest BCUT2D eigenvalue weighted by atomic mass is 35.5. The lowest BCUT2D eigenvalue weighted by Crippen LogP contribution is -2.23. The Balaban J connectivity index is 0.000000287. The highest BCUT2D eigenvalue weighted by Crippen LogP contribution is 2.33. The van der Waals surface area contributed by atoms with Gasteiger partial charge in [0.1, 0.15) is 0 Å². The van der Waals surface area contributed by atoms with Crippen LogP contribution in [0.2, 0.25) is 0 Å². The van der Waals surface area contributed by atoms with Crippen LogP contribution < -0.4 is 20.7 Å². The van der Waals surface area contributed by atoms with Gasteiger partial charge in [0.2, 0.25) is 6.79 Å². The summed E-state index contributed by atoms with van der Waals surface area (Å²) in [4.78, 5) is 11.1. The first kappa shape index (κ1) is 19.2. The minimum atomic E-state index is 0. The molecule has 23 heavy (non-hydrogen) atoms. The molecule has 0 amide bonds. The summed E-state index contributed by atoms with van der Waals surface area (Å²) in [5, 5.41) is 0. The Hall–Kier alpha value is -1.86. The summed E-state index contributed by atoms with van der Waals surface area (Å²) in [5.74, 6) is 6.53. The van der Waals surface area contributed by atoms with E-state index in [9.17, 15) is 4.79 Å². The van der Waals surface area contributed by atoms with Crippen LogP contribution in [0.5, 0.6) is 11.5 Å². The monoisotopic (exact) mass is 340 g/mol. The normalized spacial score (nSPS) is 15.6. The summed E-state index contributed by atoms with van der Waals surface area (Å²) in [6.45, 7) is 1.88. The molecule has 0 aromatic heterocycles. The molecule has 1 aliphatic heterocycles. The van der Waals surface area contributed by atoms with E-state index in [4.69, 9.17) is 20.1 Å². The first-order chi connectivity index (χ1) is 10.7. The summed E-state index contributed by atoms with van der Waals surface area (Å²) >= 11 is 0. The minimum Gasteiger partial charge on any atom is -0.454 e. The molecule has 2 aliphatic rings. The molecule has 0 atom stereocenters. The third kappa shape index (κ3) is 5.69. The number of hydrogen-bond acceptors (Lipinski definition) is 6. The smallest absolute Gasteiger partial charge is 0.231 e. The lowest BCUT2D eigenvalue weighted by atomic mass is 9.98. The molecule has 7 heteroatoms. The van der Waals surface area contributed by atoms with Crippen molar-refractivity contribution >= 4 is 24.3 Å². The van der Waals surface area contributed by atoms with E-state index in [0.717, 1.165) is 42.2 Å². The van der Waals surface area contributed by atoms with Gasteiger partial charge in [-0.15, -0.1) is 12.4 Å². The zero-order chi connectivity index (χ0) is 15.8. The van der Waals surface area contributed by atoms with E-state index in [1.165, 1.54) is 0 Å². The van der Waals surface area contributed by atoms with Crippen LogP contribution in [0.4, 0.5) is 0 Å². The Morgan fingerprint density at radius 3 is 2.70 bits per heavy atom. The zero-order valence-corrected chi connectivity index (χ0v) is 13.7. The molecule has 0 bridgehead atoms. The molecule has 0 radical (unpaired) electrons. The topological polar surface area (TPSA) is 82.8 Å². The maximum Gasteiger partial charge on any atom is 0.231 e. The summed E-state index contributed by atoms with van der Waals surface area (Å²) in [6.07, 6.45) is 6.17. The zero-order valence-electron chi connectivity index (χ0n) is 12.9. The number of nitrogens with one attached hydrogen (secondary N) is 1. The molecule has 1 aromatic carbocycles. The molecular formula is C16H21ClN2O4. The minimum absolute atomic E-state index is 0. The Morgan fingerprint density at radius 1 is 1.30 bits per heavy atom. The molecule has 0 fully saturated rings. The number of methoxy groups -OCH3 is 1. The van der Waals surface area contributed by atoms with Gasteiger partial charge in [0, 0.05) is 25.8 Å². The van der Waals surface area contributed by atoms with Crippen molar-refractivity contribution in [2.24, 2.45) is 5.84 Å². The average Bonchev–Trinajstić information content (AvgIpc) is 3.00. The van der Waals surface area contributed by atoms with Crippen LogP contribution in [-0.4, -0.2) is 32.8 Å². The Labute approximate surface area is 141 Å². The van der Waals surface area contributed by atoms with Crippen LogP contribution in [0.25, 0.3) is 6.08 Å². The van der Waals surface area contributed by atoms with Crippen LogP contribution in [0, 0.1) is 0 Å². The van der Waals surface area contributed by atoms with Crippen molar-refractivity contribution in [1.29, 1.82) is 0 Å². The van der Waals surface area contributed by atoms with Gasteiger partial charge in [-0.2, -0.15) is 0 Å². The van der Waals surface area contributed by atoms with E-state index in [2.05, 4.69) is 5.43 Å². The van der Waals surface area contributed by atoms with Crippen LogP contribution in [0.1, 0.15) is 12.0 Å². The van der Waals surface area contributed by atoms with Crippen molar-refractivity contribution in [3.05, 3.63) is 41.5 Å². The van der Waals surface area contributed by atoms with E-state index in [1.54, 1.807) is 19.3 Å². The van der Waals surface area contributed by atoms with E-state index in [1.807, 2.05) is 24.3 Å². The standard InChI is InChI=1S/C12H8O3.C4H12N2O.ClH/c13-10-3-2-9(10)5-8-1-4-11-12(6-8)15-7-14-11;1-7-4-2-3-6-5;/h1-6H,7H2;6H,2-5H2,1H3;1H. The third-order valence-electron chi connectivity index (χ3n) is 3.09. The first-order valence-corrected chi connectivity index (χ1v) is 7.00. The molecule has 0 unspecified atom stereocenters. The van der Waals surface area contributed by atoms with Gasteiger partial charge in [0.15, 0.2) is 17.3 Å². The first-order valence-electron chi connectivity index (χ1n) is 7.00. The Bertz CT molecular complexity index is 583. The summed E-state index contributed by atoms with van der Waals surface area (Å²) in [5.41, 5.74) is 4.20. The van der Waals surface area contributed by atoms with E-state index in [-0.39, 0.29) is 25.0 Å². The molecule has 3 rings (SSSR count). The number of hydrogen-bond donors (Lipinski definition) is 2. The number of ketones is 1. The van der Waals surface area contributed by atoms with E-state index < -0.39 is 0 Å². The largest absolute Gasteiger partial charge is 0.454 e. The van der Waals surface area contributed by atoms with Crippen LogP contribution in [0.15, 0.2) is 35.9 Å². The molecular weight excluding hydrogens is 320 g/mol. The van der Waals surface area contributed by atoms with E-state index in [0.29, 0.717) is 0 Å². The van der Waals surface area contributed by atoms with Crippen molar-refractivity contribution in [3.8, 4) is 11.5 Å². The molecule has 0 saturated heterocycles. The number of benzene rings is 1. The van der Waals surface area contributed by atoms with Gasteiger partial charge in [0.05, 0.1) is 0 Å². The number of carbonyl (C=O) groups excluding carboxylic acids is 1. The third-order valence-corrected chi connectivity index (χ3v) is 3.09. The van der Waals surface area contributed by atoms with Crippen LogP contribution in [-0.2, 0) is 9.53 Å². The van der Waals surface area contributed by atoms with Crippen molar-refractivity contribution in [3.63, 3.8) is 0 Å². The maximum absolute atomic E-state index is 11.1. The Kier molecular flexibility index (Phi) is 8.36.